The average Bonchev–Trinajstić information content (AvgIpc) is 2.79. The van der Waals surface area contributed by atoms with Crippen molar-refractivity contribution in [3.05, 3.63) is 66.4 Å². The number of fused-ring (bicyclic) bond motifs is 1. The quantitative estimate of drug-likeness (QED) is 0.683. The van der Waals surface area contributed by atoms with Crippen LogP contribution in [0, 0.1) is 10.2 Å². The van der Waals surface area contributed by atoms with Crippen LogP contribution in [0.3, 0.4) is 0 Å². The van der Waals surface area contributed by atoms with Crippen molar-refractivity contribution in [1.29, 1.82) is 5.26 Å². The first-order valence-corrected chi connectivity index (χ1v) is 7.77. The molecule has 2 aromatic carbocycles. The van der Waals surface area contributed by atoms with Crippen LogP contribution in [0.25, 0.3) is 10.9 Å². The summed E-state index contributed by atoms with van der Waals surface area (Å²) in [5, 5.41) is 10.2. The van der Waals surface area contributed by atoms with E-state index in [-0.39, 0.29) is 15.0 Å². The van der Waals surface area contributed by atoms with Crippen molar-refractivity contribution >= 4 is 30.3 Å². The molecule has 0 radical (unpaired) electrons. The van der Waals surface area contributed by atoms with Crippen molar-refractivity contribution in [3.63, 3.8) is 0 Å². The van der Waals surface area contributed by atoms with E-state index < -0.39 is 0 Å². The third kappa shape index (κ3) is 2.42. The minimum absolute atomic E-state index is 0.110. The number of aromatic nitrogens is 1. The van der Waals surface area contributed by atoms with Crippen molar-refractivity contribution in [2.24, 2.45) is 0 Å². The van der Waals surface area contributed by atoms with Crippen LogP contribution < -0.4 is 4.46 Å². The third-order valence-electron chi connectivity index (χ3n) is 3.10. The van der Waals surface area contributed by atoms with Gasteiger partial charge in [-0.3, -0.25) is 0 Å². The molecule has 1 aromatic heterocycles. The number of hydrogen-bond donors (Lipinski definition) is 0. The zero-order chi connectivity index (χ0) is 13.1. The second-order valence-corrected chi connectivity index (χ2v) is 6.05. The van der Waals surface area contributed by atoms with E-state index in [4.69, 9.17) is 5.26 Å². The Labute approximate surface area is 118 Å². The molecule has 3 aromatic rings. The Morgan fingerprint density at radius 1 is 1.00 bits per heavy atom. The summed E-state index contributed by atoms with van der Waals surface area (Å²) in [4.78, 5) is 2.30. The molecule has 0 aliphatic heterocycles. The van der Waals surface area contributed by atoms with Crippen molar-refractivity contribution in [2.75, 3.05) is 0 Å². The van der Waals surface area contributed by atoms with Gasteiger partial charge in [-0.05, 0) is 0 Å². The van der Waals surface area contributed by atoms with Gasteiger partial charge in [0.15, 0.2) is 0 Å². The second-order valence-electron chi connectivity index (χ2n) is 4.32. The van der Waals surface area contributed by atoms with Crippen LogP contribution in [-0.2, 0) is 6.54 Å². The Morgan fingerprint density at radius 2 is 1.74 bits per heavy atom. The third-order valence-corrected chi connectivity index (χ3v) is 4.44. The van der Waals surface area contributed by atoms with Gasteiger partial charge in [0.2, 0.25) is 0 Å². The molecule has 2 nitrogen and oxygen atoms in total. The van der Waals surface area contributed by atoms with Gasteiger partial charge < -0.3 is 0 Å². The standard InChI is InChI=1S/C16H12N2Se/c17-12-19-16-11-18(10-13-6-2-1-3-7-13)15-9-5-4-8-14(15)16/h1-9,11H,10H2. The predicted octanol–water partition coefficient (Wildman–Crippen LogP) is 2.50. The Bertz CT molecular complexity index is 738. The van der Waals surface area contributed by atoms with Crippen LogP contribution in [0.5, 0.6) is 0 Å². The summed E-state index contributed by atoms with van der Waals surface area (Å²) in [7, 11) is 0. The summed E-state index contributed by atoms with van der Waals surface area (Å²) < 4.78 is 3.40. The maximum atomic E-state index is 8.95. The molecule has 0 saturated heterocycles. The Morgan fingerprint density at radius 3 is 2.53 bits per heavy atom. The van der Waals surface area contributed by atoms with Gasteiger partial charge in [0.05, 0.1) is 0 Å². The van der Waals surface area contributed by atoms with Crippen LogP contribution in [0.15, 0.2) is 60.8 Å². The molecule has 3 rings (SSSR count). The summed E-state index contributed by atoms with van der Waals surface area (Å²) in [5.74, 6) is 0. The molecule has 0 aliphatic rings. The van der Waals surface area contributed by atoms with Gasteiger partial charge in [-0.2, -0.15) is 0 Å². The van der Waals surface area contributed by atoms with Crippen molar-refractivity contribution < 1.29 is 0 Å². The normalized spacial score (nSPS) is 10.5. The van der Waals surface area contributed by atoms with Crippen molar-refractivity contribution in [3.8, 4) is 4.97 Å². The summed E-state index contributed by atoms with van der Waals surface area (Å²) >= 11 is -0.110. The van der Waals surface area contributed by atoms with E-state index in [1.54, 1.807) is 0 Å². The predicted molar refractivity (Wildman–Crippen MR) is 78.5 cm³/mol. The van der Waals surface area contributed by atoms with E-state index in [1.165, 1.54) is 20.9 Å². The fourth-order valence-electron chi connectivity index (χ4n) is 2.25. The first-order chi connectivity index (χ1) is 9.38. The molecule has 0 N–H and O–H groups in total. The molecule has 92 valence electrons. The Balaban J connectivity index is 2.07. The molecule has 0 atom stereocenters. The summed E-state index contributed by atoms with van der Waals surface area (Å²) in [6.45, 7) is 0.850. The minimum atomic E-state index is -0.110. The summed E-state index contributed by atoms with van der Waals surface area (Å²) in [5.41, 5.74) is 2.48. The SMILES string of the molecule is N#C[Se]c1cn(Cc2ccccc2)c2ccccc12. The van der Waals surface area contributed by atoms with Crippen LogP contribution in [0.2, 0.25) is 0 Å². The summed E-state index contributed by atoms with van der Waals surface area (Å²) in [6.07, 6.45) is 2.13. The average molecular weight is 311 g/mol. The van der Waals surface area contributed by atoms with E-state index in [1.807, 2.05) is 18.2 Å². The molecule has 0 spiro atoms. The Kier molecular flexibility index (Phi) is 3.37. The molecule has 0 bridgehead atoms. The number of nitrogens with zero attached hydrogens (tertiary/aromatic N) is 2. The molecule has 19 heavy (non-hydrogen) atoms. The van der Waals surface area contributed by atoms with Crippen LogP contribution in [-0.4, -0.2) is 19.5 Å². The van der Waals surface area contributed by atoms with Gasteiger partial charge in [-0.1, -0.05) is 0 Å². The van der Waals surface area contributed by atoms with E-state index in [0.29, 0.717) is 0 Å². The fraction of sp³-hybridized carbons (Fsp3) is 0.0625. The molecule has 0 saturated carbocycles. The second kappa shape index (κ2) is 5.32. The van der Waals surface area contributed by atoms with E-state index in [0.717, 1.165) is 6.54 Å². The first kappa shape index (κ1) is 12.0. The zero-order valence-corrected chi connectivity index (χ0v) is 12.0. The van der Waals surface area contributed by atoms with E-state index >= 15 is 0 Å². The van der Waals surface area contributed by atoms with Crippen LogP contribution in [0.1, 0.15) is 5.56 Å². The van der Waals surface area contributed by atoms with Crippen LogP contribution >= 0.6 is 0 Å². The Hall–Kier alpha value is -2.01. The van der Waals surface area contributed by atoms with Crippen molar-refractivity contribution in [1.82, 2.24) is 4.57 Å². The number of para-hydroxylation sites is 1. The molecule has 3 heteroatoms. The van der Waals surface area contributed by atoms with Gasteiger partial charge in [-0.25, -0.2) is 0 Å². The molecule has 0 unspecified atom stereocenters. The maximum absolute atomic E-state index is 8.95. The molecule has 0 amide bonds. The van der Waals surface area contributed by atoms with Crippen LogP contribution in [0.4, 0.5) is 0 Å². The fourth-order valence-corrected chi connectivity index (χ4v) is 3.43. The number of nitriles is 1. The topological polar surface area (TPSA) is 28.7 Å². The molecule has 0 fully saturated rings. The van der Waals surface area contributed by atoms with Gasteiger partial charge in [0.1, 0.15) is 0 Å². The number of benzene rings is 2. The zero-order valence-electron chi connectivity index (χ0n) is 10.3. The summed E-state index contributed by atoms with van der Waals surface area (Å²) in [6, 6.07) is 18.7. The molecular formula is C16H12N2Se. The van der Waals surface area contributed by atoms with Gasteiger partial charge >= 0.3 is 118 Å². The first-order valence-electron chi connectivity index (χ1n) is 6.06. The van der Waals surface area contributed by atoms with Gasteiger partial charge in [0, 0.05) is 0 Å². The van der Waals surface area contributed by atoms with Crippen molar-refractivity contribution in [2.45, 2.75) is 6.54 Å². The van der Waals surface area contributed by atoms with Gasteiger partial charge in [0.25, 0.3) is 0 Å². The molecule has 0 aliphatic carbocycles. The number of rotatable bonds is 3. The van der Waals surface area contributed by atoms with Gasteiger partial charge in [-0.15, -0.1) is 0 Å². The molecule has 1 heterocycles. The van der Waals surface area contributed by atoms with E-state index in [9.17, 15) is 0 Å². The monoisotopic (exact) mass is 312 g/mol. The molecular weight excluding hydrogens is 299 g/mol. The van der Waals surface area contributed by atoms with E-state index in [2.05, 4.69) is 52.1 Å². The number of hydrogen-bond acceptors (Lipinski definition) is 1.